The van der Waals surface area contributed by atoms with E-state index in [2.05, 4.69) is 14.7 Å². The number of hydrogen-bond donors (Lipinski definition) is 1. The third kappa shape index (κ3) is 7.33. The van der Waals surface area contributed by atoms with Crippen LogP contribution in [0.1, 0.15) is 5.69 Å². The van der Waals surface area contributed by atoms with E-state index in [4.69, 9.17) is 0 Å². The van der Waals surface area contributed by atoms with Crippen molar-refractivity contribution >= 4 is 17.9 Å². The van der Waals surface area contributed by atoms with Crippen LogP contribution in [-0.4, -0.2) is 41.1 Å². The predicted octanol–water partition coefficient (Wildman–Crippen LogP) is 2.88. The van der Waals surface area contributed by atoms with Gasteiger partial charge in [0.25, 0.3) is 0 Å². The van der Waals surface area contributed by atoms with Crippen LogP contribution in [-0.2, 0) is 10.9 Å². The van der Waals surface area contributed by atoms with Gasteiger partial charge in [-0.3, -0.25) is 0 Å². The molecule has 12 heteroatoms. The van der Waals surface area contributed by atoms with Gasteiger partial charge in [0.2, 0.25) is 0 Å². The molecule has 5 nitrogen and oxygen atoms in total. The number of nitrogens with one attached hydrogen (secondary N) is 1. The zero-order valence-electron chi connectivity index (χ0n) is 10.7. The molecule has 124 valence electrons. The fourth-order valence-electron chi connectivity index (χ4n) is 1.06. The fourth-order valence-corrected chi connectivity index (χ4v) is 1.75. The summed E-state index contributed by atoms with van der Waals surface area (Å²) in [6.07, 6.45) is -9.57. The number of carbonyl (C=O) groups excluding carboxylic acids is 1. The van der Waals surface area contributed by atoms with Crippen LogP contribution in [0.15, 0.2) is 17.4 Å². The molecule has 0 aliphatic carbocycles. The summed E-state index contributed by atoms with van der Waals surface area (Å²) in [5, 5.41) is 1.84. The van der Waals surface area contributed by atoms with Crippen LogP contribution < -0.4 is 5.32 Å². The van der Waals surface area contributed by atoms with E-state index < -0.39 is 30.7 Å². The second-order valence-corrected chi connectivity index (χ2v) is 4.75. The minimum atomic E-state index is -4.63. The molecule has 0 saturated heterocycles. The number of alkyl carbamates (subject to hydrolysis) is 1. The smallest absolute Gasteiger partial charge is 0.433 e. The molecule has 0 aliphatic rings. The number of hydrogen-bond acceptors (Lipinski definition) is 5. The van der Waals surface area contributed by atoms with Gasteiger partial charge in [-0.05, 0) is 6.07 Å². The number of rotatable bonds is 5. The summed E-state index contributed by atoms with van der Waals surface area (Å²) in [6.45, 7) is -1.84. The van der Waals surface area contributed by atoms with Crippen LogP contribution in [0.5, 0.6) is 0 Å². The molecule has 1 aromatic rings. The molecule has 0 spiro atoms. The molecule has 0 bridgehead atoms. The number of alkyl halides is 6. The van der Waals surface area contributed by atoms with E-state index in [9.17, 15) is 31.1 Å². The van der Waals surface area contributed by atoms with Crippen molar-refractivity contribution < 1.29 is 35.9 Å². The van der Waals surface area contributed by atoms with Crippen LogP contribution in [0.4, 0.5) is 31.1 Å². The Kier molecular flexibility index (Phi) is 6.26. The SMILES string of the molecule is O=C(NCCSc1nccc(C(F)(F)F)n1)OCC(F)(F)F. The Bertz CT molecular complexity index is 508. The maximum absolute atomic E-state index is 12.4. The summed E-state index contributed by atoms with van der Waals surface area (Å²) in [6, 6.07) is 0.705. The van der Waals surface area contributed by atoms with E-state index in [0.717, 1.165) is 18.0 Å². The number of ether oxygens (including phenoxy) is 1. The lowest BCUT2D eigenvalue weighted by molar-refractivity contribution is -0.160. The number of thioether (sulfide) groups is 1. The van der Waals surface area contributed by atoms with Gasteiger partial charge in [0.05, 0.1) is 0 Å². The van der Waals surface area contributed by atoms with Crippen molar-refractivity contribution in [3.63, 3.8) is 0 Å². The van der Waals surface area contributed by atoms with Crippen molar-refractivity contribution in [3.05, 3.63) is 18.0 Å². The van der Waals surface area contributed by atoms with Crippen LogP contribution >= 0.6 is 11.8 Å². The fraction of sp³-hybridized carbons (Fsp3) is 0.500. The van der Waals surface area contributed by atoms with E-state index in [-0.39, 0.29) is 17.5 Å². The van der Waals surface area contributed by atoms with Crippen LogP contribution in [0, 0.1) is 0 Å². The van der Waals surface area contributed by atoms with E-state index in [0.29, 0.717) is 6.07 Å². The van der Waals surface area contributed by atoms with Crippen LogP contribution in [0.2, 0.25) is 0 Å². The molecule has 22 heavy (non-hydrogen) atoms. The highest BCUT2D eigenvalue weighted by Crippen LogP contribution is 2.28. The van der Waals surface area contributed by atoms with Crippen molar-refractivity contribution in [2.24, 2.45) is 0 Å². The summed E-state index contributed by atoms with van der Waals surface area (Å²) < 4.78 is 76.2. The maximum atomic E-state index is 12.4. The second-order valence-electron chi connectivity index (χ2n) is 3.69. The Labute approximate surface area is 124 Å². The average molecular weight is 349 g/mol. The molecule has 1 amide bonds. The largest absolute Gasteiger partial charge is 0.440 e. The summed E-state index contributed by atoms with van der Waals surface area (Å²) in [5.41, 5.74) is -1.11. The lowest BCUT2D eigenvalue weighted by Gasteiger charge is -2.09. The van der Waals surface area contributed by atoms with Crippen molar-refractivity contribution in [2.45, 2.75) is 17.5 Å². The Balaban J connectivity index is 2.32. The normalized spacial score (nSPS) is 12.1. The minimum absolute atomic E-state index is 0.0580. The van der Waals surface area contributed by atoms with Gasteiger partial charge < -0.3 is 10.1 Å². The number of carbonyl (C=O) groups is 1. The highest BCUT2D eigenvalue weighted by Gasteiger charge is 2.32. The Morgan fingerprint density at radius 1 is 1.27 bits per heavy atom. The van der Waals surface area contributed by atoms with Crippen molar-refractivity contribution in [3.8, 4) is 0 Å². The standard InChI is InChI=1S/C10H9F6N3O2S/c11-9(12,13)5-21-8(20)18-3-4-22-7-17-2-1-6(19-7)10(14,15)16/h1-2H,3-5H2,(H,18,20). The number of amides is 1. The lowest BCUT2D eigenvalue weighted by Crippen LogP contribution is -2.30. The summed E-state index contributed by atoms with van der Waals surface area (Å²) in [7, 11) is 0. The quantitative estimate of drug-likeness (QED) is 0.383. The summed E-state index contributed by atoms with van der Waals surface area (Å²) >= 11 is 0.802. The molecule has 0 fully saturated rings. The predicted molar refractivity (Wildman–Crippen MR) is 63.2 cm³/mol. The summed E-state index contributed by atoms with van der Waals surface area (Å²) in [5.74, 6) is 0.0580. The van der Waals surface area contributed by atoms with E-state index >= 15 is 0 Å². The third-order valence-corrected chi connectivity index (χ3v) is 2.76. The molecule has 0 aromatic carbocycles. The number of aromatic nitrogens is 2. The molecule has 0 aliphatic heterocycles. The molecule has 0 atom stereocenters. The molecular weight excluding hydrogens is 340 g/mol. The van der Waals surface area contributed by atoms with Crippen LogP contribution in [0.25, 0.3) is 0 Å². The molecule has 0 unspecified atom stereocenters. The first-order chi connectivity index (χ1) is 10.1. The first kappa shape index (κ1) is 18.3. The van der Waals surface area contributed by atoms with Crippen molar-refractivity contribution in [1.82, 2.24) is 15.3 Å². The van der Waals surface area contributed by atoms with Gasteiger partial charge in [0.1, 0.15) is 5.69 Å². The summed E-state index contributed by atoms with van der Waals surface area (Å²) in [4.78, 5) is 17.7. The number of nitrogens with zero attached hydrogens (tertiary/aromatic N) is 2. The first-order valence-electron chi connectivity index (χ1n) is 5.58. The molecule has 1 heterocycles. The van der Waals surface area contributed by atoms with Gasteiger partial charge in [-0.2, -0.15) is 26.3 Å². The van der Waals surface area contributed by atoms with Gasteiger partial charge in [-0.15, -0.1) is 0 Å². The average Bonchev–Trinajstić information content (AvgIpc) is 2.40. The second kappa shape index (κ2) is 7.51. The topological polar surface area (TPSA) is 64.1 Å². The molecule has 1 rings (SSSR count). The van der Waals surface area contributed by atoms with Crippen LogP contribution in [0.3, 0.4) is 0 Å². The van der Waals surface area contributed by atoms with E-state index in [1.807, 2.05) is 5.32 Å². The molecule has 1 N–H and O–H groups in total. The minimum Gasteiger partial charge on any atom is -0.440 e. The Hall–Kier alpha value is -1.72. The zero-order valence-corrected chi connectivity index (χ0v) is 11.5. The monoisotopic (exact) mass is 349 g/mol. The maximum Gasteiger partial charge on any atom is 0.433 e. The zero-order chi connectivity index (χ0) is 16.8. The van der Waals surface area contributed by atoms with Gasteiger partial charge in [-0.1, -0.05) is 11.8 Å². The van der Waals surface area contributed by atoms with Crippen molar-refractivity contribution in [2.75, 3.05) is 18.9 Å². The molecule has 0 saturated carbocycles. The third-order valence-electron chi connectivity index (χ3n) is 1.89. The van der Waals surface area contributed by atoms with Crippen molar-refractivity contribution in [1.29, 1.82) is 0 Å². The van der Waals surface area contributed by atoms with Gasteiger partial charge in [-0.25, -0.2) is 14.8 Å². The first-order valence-corrected chi connectivity index (χ1v) is 6.57. The van der Waals surface area contributed by atoms with E-state index in [1.165, 1.54) is 0 Å². The molecular formula is C10H9F6N3O2S. The molecule has 0 radical (unpaired) electrons. The Morgan fingerprint density at radius 2 is 1.95 bits per heavy atom. The number of halogens is 6. The van der Waals surface area contributed by atoms with Gasteiger partial charge in [0.15, 0.2) is 11.8 Å². The molecule has 1 aromatic heterocycles. The highest BCUT2D eigenvalue weighted by atomic mass is 32.2. The highest BCUT2D eigenvalue weighted by molar-refractivity contribution is 7.99. The Morgan fingerprint density at radius 3 is 2.55 bits per heavy atom. The lowest BCUT2D eigenvalue weighted by atomic mass is 10.4. The van der Waals surface area contributed by atoms with E-state index in [1.54, 1.807) is 0 Å². The van der Waals surface area contributed by atoms with Gasteiger partial charge in [0, 0.05) is 18.5 Å². The van der Waals surface area contributed by atoms with Gasteiger partial charge >= 0.3 is 18.4 Å².